The first-order valence-electron chi connectivity index (χ1n) is 8.05. The number of hydrogen-bond donors (Lipinski definition) is 2. The Balaban J connectivity index is 1.58. The summed E-state index contributed by atoms with van der Waals surface area (Å²) in [5.41, 5.74) is 2.02. The third-order valence-corrected chi connectivity index (χ3v) is 3.78. The van der Waals surface area contributed by atoms with Crippen molar-refractivity contribution in [2.75, 3.05) is 18.4 Å². The molecule has 0 atom stereocenters. The highest BCUT2D eigenvalue weighted by atomic mass is 16.6. The number of nitrogens with zero attached hydrogens (tertiary/aromatic N) is 1. The lowest BCUT2D eigenvalue weighted by atomic mass is 10.1. The van der Waals surface area contributed by atoms with Crippen LogP contribution in [0.25, 0.3) is 11.1 Å². The van der Waals surface area contributed by atoms with E-state index in [1.807, 2.05) is 30.3 Å². The molecule has 7 nitrogen and oxygen atoms in total. The van der Waals surface area contributed by atoms with Gasteiger partial charge in [-0.05, 0) is 17.7 Å². The molecule has 0 bridgehead atoms. The molecule has 0 fully saturated rings. The van der Waals surface area contributed by atoms with E-state index in [1.54, 1.807) is 24.3 Å². The van der Waals surface area contributed by atoms with Gasteiger partial charge in [0.2, 0.25) is 0 Å². The number of anilines is 1. The highest BCUT2D eigenvalue weighted by molar-refractivity contribution is 5.98. The molecule has 0 aliphatic rings. The monoisotopic (exact) mass is 351 g/mol. The zero-order valence-electron chi connectivity index (χ0n) is 13.8. The number of nitro benzene ring substituents is 1. The van der Waals surface area contributed by atoms with E-state index in [2.05, 4.69) is 10.6 Å². The summed E-state index contributed by atoms with van der Waals surface area (Å²) in [5, 5.41) is 16.7. The predicted molar refractivity (Wildman–Crippen MR) is 98.1 cm³/mol. The Hall–Kier alpha value is -3.61. The van der Waals surface area contributed by atoms with Crippen molar-refractivity contribution >= 4 is 17.3 Å². The molecular weight excluding hydrogens is 334 g/mol. The molecule has 0 saturated heterocycles. The van der Waals surface area contributed by atoms with Gasteiger partial charge in [-0.2, -0.15) is 0 Å². The van der Waals surface area contributed by atoms with Gasteiger partial charge in [-0.25, -0.2) is 0 Å². The van der Waals surface area contributed by atoms with Crippen molar-refractivity contribution in [2.24, 2.45) is 0 Å². The predicted octanol–water partition coefficient (Wildman–Crippen LogP) is 3.70. The number of benzene rings is 2. The normalized spacial score (nSPS) is 10.3. The van der Waals surface area contributed by atoms with E-state index >= 15 is 0 Å². The number of nitrogens with one attached hydrogen (secondary N) is 2. The highest BCUT2D eigenvalue weighted by Crippen LogP contribution is 2.25. The third kappa shape index (κ3) is 3.89. The molecule has 1 heterocycles. The maximum Gasteiger partial charge on any atom is 0.292 e. The van der Waals surface area contributed by atoms with Crippen molar-refractivity contribution < 1.29 is 14.1 Å². The van der Waals surface area contributed by atoms with E-state index in [9.17, 15) is 14.9 Å². The third-order valence-electron chi connectivity index (χ3n) is 3.78. The van der Waals surface area contributed by atoms with Gasteiger partial charge in [0.15, 0.2) is 5.76 Å². The molecule has 2 N–H and O–H groups in total. The van der Waals surface area contributed by atoms with Crippen molar-refractivity contribution in [1.29, 1.82) is 0 Å². The molecule has 0 radical (unpaired) electrons. The van der Waals surface area contributed by atoms with Gasteiger partial charge in [0, 0.05) is 24.7 Å². The molecule has 1 amide bonds. The molecule has 0 saturated carbocycles. The standard InChI is InChI=1S/C19H17N3O4/c23-19(18-15(10-13-26-18)14-6-2-1-3-7-14)21-12-11-20-16-8-4-5-9-17(16)22(24)25/h1-10,13,20H,11-12H2,(H,21,23). The smallest absolute Gasteiger partial charge is 0.292 e. The minimum absolute atomic E-state index is 0.00350. The Kier molecular flexibility index (Phi) is 5.28. The Bertz CT molecular complexity index is 906. The van der Waals surface area contributed by atoms with Crippen LogP contribution in [0.1, 0.15) is 10.6 Å². The van der Waals surface area contributed by atoms with Gasteiger partial charge in [0.1, 0.15) is 5.69 Å². The summed E-state index contributed by atoms with van der Waals surface area (Å²) in [6.45, 7) is 0.637. The molecule has 26 heavy (non-hydrogen) atoms. The molecule has 0 unspecified atom stereocenters. The Labute approximate surface area is 149 Å². The first-order chi connectivity index (χ1) is 12.7. The highest BCUT2D eigenvalue weighted by Gasteiger charge is 2.16. The van der Waals surface area contributed by atoms with Crippen molar-refractivity contribution in [3.63, 3.8) is 0 Å². The van der Waals surface area contributed by atoms with Crippen molar-refractivity contribution in [3.8, 4) is 11.1 Å². The summed E-state index contributed by atoms with van der Waals surface area (Å²) < 4.78 is 5.32. The number of furan rings is 1. The van der Waals surface area contributed by atoms with Gasteiger partial charge in [-0.15, -0.1) is 0 Å². The van der Waals surface area contributed by atoms with Crippen molar-refractivity contribution in [1.82, 2.24) is 5.32 Å². The van der Waals surface area contributed by atoms with Crippen LogP contribution in [0.4, 0.5) is 11.4 Å². The largest absolute Gasteiger partial charge is 0.459 e. The van der Waals surface area contributed by atoms with Crippen LogP contribution in [0.3, 0.4) is 0 Å². The summed E-state index contributed by atoms with van der Waals surface area (Å²) in [7, 11) is 0. The maximum absolute atomic E-state index is 12.3. The van der Waals surface area contributed by atoms with Gasteiger partial charge in [-0.1, -0.05) is 42.5 Å². The molecule has 132 valence electrons. The number of nitro groups is 1. The van der Waals surface area contributed by atoms with Gasteiger partial charge < -0.3 is 15.1 Å². The quantitative estimate of drug-likeness (QED) is 0.384. The van der Waals surface area contributed by atoms with E-state index in [1.165, 1.54) is 12.3 Å². The summed E-state index contributed by atoms with van der Waals surface area (Å²) in [6.07, 6.45) is 1.48. The average molecular weight is 351 g/mol. The van der Waals surface area contributed by atoms with Crippen LogP contribution < -0.4 is 10.6 Å². The fraction of sp³-hybridized carbons (Fsp3) is 0.105. The van der Waals surface area contributed by atoms with Crippen LogP contribution in [0, 0.1) is 10.1 Å². The van der Waals surface area contributed by atoms with Crippen LogP contribution in [0.15, 0.2) is 71.3 Å². The zero-order valence-corrected chi connectivity index (χ0v) is 13.8. The van der Waals surface area contributed by atoms with Crippen LogP contribution in [-0.4, -0.2) is 23.9 Å². The van der Waals surface area contributed by atoms with E-state index in [-0.39, 0.29) is 17.4 Å². The molecule has 7 heteroatoms. The van der Waals surface area contributed by atoms with Gasteiger partial charge >= 0.3 is 0 Å². The van der Waals surface area contributed by atoms with Crippen LogP contribution in [0.2, 0.25) is 0 Å². The lowest BCUT2D eigenvalue weighted by Crippen LogP contribution is -2.28. The number of hydrogen-bond acceptors (Lipinski definition) is 5. The van der Waals surface area contributed by atoms with Gasteiger partial charge in [0.25, 0.3) is 11.6 Å². The fourth-order valence-corrected chi connectivity index (χ4v) is 2.57. The van der Waals surface area contributed by atoms with E-state index in [0.29, 0.717) is 18.8 Å². The molecule has 0 spiro atoms. The number of para-hydroxylation sites is 2. The first kappa shape index (κ1) is 17.2. The Morgan fingerprint density at radius 3 is 2.50 bits per heavy atom. The summed E-state index contributed by atoms with van der Waals surface area (Å²) in [6, 6.07) is 17.6. The second kappa shape index (κ2) is 7.98. The Morgan fingerprint density at radius 2 is 1.73 bits per heavy atom. The topological polar surface area (TPSA) is 97.4 Å². The van der Waals surface area contributed by atoms with Crippen molar-refractivity contribution in [2.45, 2.75) is 0 Å². The van der Waals surface area contributed by atoms with Gasteiger partial charge in [0.05, 0.1) is 11.2 Å². The van der Waals surface area contributed by atoms with Crippen LogP contribution in [-0.2, 0) is 0 Å². The van der Waals surface area contributed by atoms with Crippen LogP contribution in [0.5, 0.6) is 0 Å². The number of carbonyl (C=O) groups is 1. The summed E-state index contributed by atoms with van der Waals surface area (Å²) >= 11 is 0. The molecule has 3 rings (SSSR count). The second-order valence-electron chi connectivity index (χ2n) is 5.49. The van der Waals surface area contributed by atoms with E-state index < -0.39 is 4.92 Å². The molecular formula is C19H17N3O4. The first-order valence-corrected chi connectivity index (χ1v) is 8.05. The molecule has 0 aliphatic heterocycles. The van der Waals surface area contributed by atoms with E-state index in [4.69, 9.17) is 4.42 Å². The Morgan fingerprint density at radius 1 is 1.00 bits per heavy atom. The fourth-order valence-electron chi connectivity index (χ4n) is 2.57. The van der Waals surface area contributed by atoms with E-state index in [0.717, 1.165) is 11.1 Å². The van der Waals surface area contributed by atoms with Crippen LogP contribution >= 0.6 is 0 Å². The number of amides is 1. The molecule has 0 aliphatic carbocycles. The van der Waals surface area contributed by atoms with Crippen molar-refractivity contribution in [3.05, 3.63) is 82.8 Å². The van der Waals surface area contributed by atoms with Gasteiger partial charge in [-0.3, -0.25) is 14.9 Å². The lowest BCUT2D eigenvalue weighted by Gasteiger charge is -2.08. The summed E-state index contributed by atoms with van der Waals surface area (Å²) in [5.74, 6) is -0.0971. The number of carbonyl (C=O) groups excluding carboxylic acids is 1. The SMILES string of the molecule is O=C(NCCNc1ccccc1[N+](=O)[O-])c1occc1-c1ccccc1. The minimum atomic E-state index is -0.449. The molecule has 1 aromatic heterocycles. The molecule has 3 aromatic rings. The second-order valence-corrected chi connectivity index (χ2v) is 5.49. The number of rotatable bonds is 7. The zero-order chi connectivity index (χ0) is 18.4. The average Bonchev–Trinajstić information content (AvgIpc) is 3.16. The maximum atomic E-state index is 12.3. The minimum Gasteiger partial charge on any atom is -0.459 e. The molecule has 2 aromatic carbocycles. The summed E-state index contributed by atoms with van der Waals surface area (Å²) in [4.78, 5) is 22.9. The lowest BCUT2D eigenvalue weighted by molar-refractivity contribution is -0.384.